The highest BCUT2D eigenvalue weighted by atomic mass is 79.9. The molecule has 1 N–H and O–H groups in total. The fraction of sp³-hybridized carbons (Fsp3) is 0.300. The van der Waals surface area contributed by atoms with E-state index >= 15 is 0 Å². The molecule has 0 saturated carbocycles. The van der Waals surface area contributed by atoms with Gasteiger partial charge in [-0.2, -0.15) is 5.10 Å². The third-order valence-electron chi connectivity index (χ3n) is 2.14. The Morgan fingerprint density at radius 1 is 1.65 bits per heavy atom. The summed E-state index contributed by atoms with van der Waals surface area (Å²) < 4.78 is 7.05. The van der Waals surface area contributed by atoms with Gasteiger partial charge in [0.25, 0.3) is 5.91 Å². The van der Waals surface area contributed by atoms with Gasteiger partial charge in [0.05, 0.1) is 11.8 Å². The lowest BCUT2D eigenvalue weighted by Gasteiger charge is -2.01. The predicted octanol–water partition coefficient (Wildman–Crippen LogP) is 1.14. The third-order valence-corrected chi connectivity index (χ3v) is 2.76. The van der Waals surface area contributed by atoms with Crippen molar-refractivity contribution in [1.82, 2.24) is 20.1 Å². The van der Waals surface area contributed by atoms with Crippen LogP contribution < -0.4 is 5.32 Å². The van der Waals surface area contributed by atoms with Crippen LogP contribution >= 0.6 is 15.9 Å². The molecule has 1 amide bonds. The van der Waals surface area contributed by atoms with Gasteiger partial charge in [-0.1, -0.05) is 0 Å². The summed E-state index contributed by atoms with van der Waals surface area (Å²) in [6.07, 6.45) is 3.69. The van der Waals surface area contributed by atoms with Crippen LogP contribution in [0.1, 0.15) is 16.2 Å². The monoisotopic (exact) mass is 298 g/mol. The molecule has 0 aliphatic rings. The molecule has 2 rings (SSSR count). The first kappa shape index (κ1) is 11.8. The van der Waals surface area contributed by atoms with Crippen LogP contribution in [0.15, 0.2) is 27.7 Å². The Morgan fingerprint density at radius 3 is 3.06 bits per heavy atom. The van der Waals surface area contributed by atoms with Crippen LogP contribution in [0.3, 0.4) is 0 Å². The minimum absolute atomic E-state index is 0.179. The highest BCUT2D eigenvalue weighted by molar-refractivity contribution is 9.10. The number of amides is 1. The maximum atomic E-state index is 11.7. The second kappa shape index (κ2) is 5.13. The Bertz CT molecular complexity index is 520. The fourth-order valence-electron chi connectivity index (χ4n) is 1.34. The maximum absolute atomic E-state index is 11.7. The number of furan rings is 1. The Kier molecular flexibility index (Phi) is 3.58. The molecule has 0 saturated heterocycles. The van der Waals surface area contributed by atoms with Crippen LogP contribution in [0.4, 0.5) is 0 Å². The molecule has 0 spiro atoms. The zero-order valence-corrected chi connectivity index (χ0v) is 10.8. The van der Waals surface area contributed by atoms with Gasteiger partial charge < -0.3 is 9.73 Å². The summed E-state index contributed by atoms with van der Waals surface area (Å²) in [7, 11) is 1.80. The smallest absolute Gasteiger partial charge is 0.255 e. The molecule has 0 aliphatic carbocycles. The van der Waals surface area contributed by atoms with Gasteiger partial charge in [0.15, 0.2) is 10.5 Å². The van der Waals surface area contributed by atoms with Crippen LogP contribution in [0.5, 0.6) is 0 Å². The van der Waals surface area contributed by atoms with E-state index in [1.165, 1.54) is 6.26 Å². The van der Waals surface area contributed by atoms with Crippen molar-refractivity contribution in [3.63, 3.8) is 0 Å². The van der Waals surface area contributed by atoms with E-state index in [4.69, 9.17) is 4.42 Å². The second-order valence-electron chi connectivity index (χ2n) is 3.45. The minimum atomic E-state index is -0.179. The van der Waals surface area contributed by atoms with Crippen molar-refractivity contribution in [1.29, 1.82) is 0 Å². The summed E-state index contributed by atoms with van der Waals surface area (Å²) in [6.45, 7) is 0.487. The Labute approximate surface area is 106 Å². The van der Waals surface area contributed by atoms with Gasteiger partial charge in [0, 0.05) is 20.0 Å². The van der Waals surface area contributed by atoms with Crippen molar-refractivity contribution >= 4 is 21.8 Å². The molecule has 0 unspecified atom stereocenters. The lowest BCUT2D eigenvalue weighted by atomic mass is 10.3. The number of hydrogen-bond donors (Lipinski definition) is 1. The number of carbonyl (C=O) groups excluding carboxylic acids is 1. The molecule has 0 atom stereocenters. The standard InChI is InChI=1S/C10H11BrN4O2/c1-15-6-13-8(14-15)2-4-12-10(16)7-3-5-17-9(7)11/h3,5-6H,2,4H2,1H3,(H,12,16). The molecule has 0 fully saturated rings. The topological polar surface area (TPSA) is 73.0 Å². The molecular weight excluding hydrogens is 288 g/mol. The van der Waals surface area contributed by atoms with Gasteiger partial charge >= 0.3 is 0 Å². The van der Waals surface area contributed by atoms with E-state index in [9.17, 15) is 4.79 Å². The molecule has 2 aromatic heterocycles. The van der Waals surface area contributed by atoms with Crippen molar-refractivity contribution in [3.05, 3.63) is 34.7 Å². The number of halogens is 1. The first-order valence-electron chi connectivity index (χ1n) is 5.02. The fourth-order valence-corrected chi connectivity index (χ4v) is 1.76. The average Bonchev–Trinajstić information content (AvgIpc) is 2.87. The Morgan fingerprint density at radius 2 is 2.47 bits per heavy atom. The number of aromatic nitrogens is 3. The van der Waals surface area contributed by atoms with Crippen LogP contribution in [-0.2, 0) is 13.5 Å². The largest absolute Gasteiger partial charge is 0.457 e. The van der Waals surface area contributed by atoms with Crippen molar-refractivity contribution in [2.24, 2.45) is 7.05 Å². The van der Waals surface area contributed by atoms with E-state index in [0.29, 0.717) is 29.0 Å². The first-order chi connectivity index (χ1) is 8.16. The maximum Gasteiger partial charge on any atom is 0.255 e. The molecule has 2 heterocycles. The number of aryl methyl sites for hydroxylation is 1. The molecule has 0 radical (unpaired) electrons. The lowest BCUT2D eigenvalue weighted by molar-refractivity contribution is 0.0952. The van der Waals surface area contributed by atoms with Crippen molar-refractivity contribution in [2.45, 2.75) is 6.42 Å². The molecule has 6 nitrogen and oxygen atoms in total. The Balaban J connectivity index is 1.83. The summed E-state index contributed by atoms with van der Waals surface area (Å²) in [5.74, 6) is 0.528. The van der Waals surface area contributed by atoms with Crippen molar-refractivity contribution in [3.8, 4) is 0 Å². The summed E-state index contributed by atoms with van der Waals surface area (Å²) in [5.41, 5.74) is 0.485. The summed E-state index contributed by atoms with van der Waals surface area (Å²) >= 11 is 3.15. The van der Waals surface area contributed by atoms with Gasteiger partial charge in [0.2, 0.25) is 0 Å². The minimum Gasteiger partial charge on any atom is -0.457 e. The van der Waals surface area contributed by atoms with Gasteiger partial charge in [-0.3, -0.25) is 9.48 Å². The second-order valence-corrected chi connectivity index (χ2v) is 4.17. The van der Waals surface area contributed by atoms with E-state index < -0.39 is 0 Å². The zero-order chi connectivity index (χ0) is 12.3. The number of rotatable bonds is 4. The number of hydrogen-bond acceptors (Lipinski definition) is 4. The highest BCUT2D eigenvalue weighted by Crippen LogP contribution is 2.16. The van der Waals surface area contributed by atoms with Gasteiger partial charge in [-0.25, -0.2) is 4.98 Å². The lowest BCUT2D eigenvalue weighted by Crippen LogP contribution is -2.25. The normalized spacial score (nSPS) is 10.5. The van der Waals surface area contributed by atoms with E-state index in [1.54, 1.807) is 24.1 Å². The van der Waals surface area contributed by atoms with Crippen LogP contribution in [0.2, 0.25) is 0 Å². The molecule has 0 bridgehead atoms. The van der Waals surface area contributed by atoms with Crippen LogP contribution in [-0.4, -0.2) is 27.2 Å². The first-order valence-corrected chi connectivity index (χ1v) is 5.82. The number of carbonyl (C=O) groups is 1. The Hall–Kier alpha value is -1.63. The third kappa shape index (κ3) is 2.94. The van der Waals surface area contributed by atoms with Crippen LogP contribution in [0, 0.1) is 0 Å². The number of nitrogens with one attached hydrogen (secondary N) is 1. The van der Waals surface area contributed by atoms with E-state index in [1.807, 2.05) is 0 Å². The van der Waals surface area contributed by atoms with Gasteiger partial charge in [0.1, 0.15) is 6.33 Å². The van der Waals surface area contributed by atoms with Crippen molar-refractivity contribution < 1.29 is 9.21 Å². The van der Waals surface area contributed by atoms with E-state index in [0.717, 1.165) is 0 Å². The highest BCUT2D eigenvalue weighted by Gasteiger charge is 2.11. The summed E-state index contributed by atoms with van der Waals surface area (Å²) in [4.78, 5) is 15.7. The molecular formula is C10H11BrN4O2. The van der Waals surface area contributed by atoms with Crippen molar-refractivity contribution in [2.75, 3.05) is 6.54 Å². The van der Waals surface area contributed by atoms with Crippen LogP contribution in [0.25, 0.3) is 0 Å². The summed E-state index contributed by atoms with van der Waals surface area (Å²) in [5, 5.41) is 6.88. The molecule has 7 heteroatoms. The number of nitrogens with zero attached hydrogens (tertiary/aromatic N) is 3. The molecule has 0 aromatic carbocycles. The zero-order valence-electron chi connectivity index (χ0n) is 9.18. The van der Waals surface area contributed by atoms with Gasteiger partial charge in [-0.05, 0) is 22.0 Å². The predicted molar refractivity (Wildman–Crippen MR) is 63.4 cm³/mol. The molecule has 2 aromatic rings. The quantitative estimate of drug-likeness (QED) is 0.919. The molecule has 90 valence electrons. The molecule has 0 aliphatic heterocycles. The molecule has 17 heavy (non-hydrogen) atoms. The summed E-state index contributed by atoms with van der Waals surface area (Å²) in [6, 6.07) is 1.61. The SMILES string of the molecule is Cn1cnc(CCNC(=O)c2ccoc2Br)n1. The average molecular weight is 299 g/mol. The van der Waals surface area contributed by atoms with E-state index in [-0.39, 0.29) is 5.91 Å². The van der Waals surface area contributed by atoms with E-state index in [2.05, 4.69) is 31.3 Å². The van der Waals surface area contributed by atoms with Gasteiger partial charge in [-0.15, -0.1) is 0 Å².